The molecule has 0 saturated carbocycles. The van der Waals surface area contributed by atoms with E-state index in [4.69, 9.17) is 0 Å². The molecule has 1 aliphatic heterocycles. The van der Waals surface area contributed by atoms with Gasteiger partial charge in [0.1, 0.15) is 5.82 Å². The number of aromatic nitrogens is 2. The predicted octanol–water partition coefficient (Wildman–Crippen LogP) is 0.160. The standard InChI is InChI=1S/C10H17N3OS/c1-9-12-2-3-13(9)4-5-15(14)8-10-6-11-7-10/h2-3,10-11H,4-8H2,1H3. The van der Waals surface area contributed by atoms with Gasteiger partial charge in [0, 0.05) is 54.3 Å². The van der Waals surface area contributed by atoms with Crippen LogP contribution in [0.5, 0.6) is 0 Å². The summed E-state index contributed by atoms with van der Waals surface area (Å²) in [5.41, 5.74) is 0. The molecule has 1 unspecified atom stereocenters. The molecule has 0 aromatic carbocycles. The Morgan fingerprint density at radius 3 is 3.00 bits per heavy atom. The average Bonchev–Trinajstić information content (AvgIpc) is 2.55. The topological polar surface area (TPSA) is 46.9 Å². The van der Waals surface area contributed by atoms with Gasteiger partial charge in [-0.05, 0) is 12.8 Å². The molecule has 4 nitrogen and oxygen atoms in total. The predicted molar refractivity (Wildman–Crippen MR) is 61.2 cm³/mol. The van der Waals surface area contributed by atoms with Crippen molar-refractivity contribution in [3.05, 3.63) is 18.2 Å². The third-order valence-corrected chi connectivity index (χ3v) is 4.25. The van der Waals surface area contributed by atoms with Gasteiger partial charge >= 0.3 is 0 Å². The molecule has 1 fully saturated rings. The van der Waals surface area contributed by atoms with Crippen molar-refractivity contribution in [1.29, 1.82) is 0 Å². The molecular weight excluding hydrogens is 210 g/mol. The summed E-state index contributed by atoms with van der Waals surface area (Å²) in [6.07, 6.45) is 3.73. The first-order valence-electron chi connectivity index (χ1n) is 5.29. The van der Waals surface area contributed by atoms with Crippen LogP contribution in [0, 0.1) is 12.8 Å². The van der Waals surface area contributed by atoms with Crippen LogP contribution in [0.4, 0.5) is 0 Å². The molecule has 2 rings (SSSR count). The Morgan fingerprint density at radius 2 is 2.47 bits per heavy atom. The first kappa shape index (κ1) is 10.8. The van der Waals surface area contributed by atoms with Crippen molar-refractivity contribution in [2.45, 2.75) is 13.5 Å². The van der Waals surface area contributed by atoms with E-state index in [-0.39, 0.29) is 0 Å². The SMILES string of the molecule is Cc1nccn1CCS(=O)CC1CNC1. The molecule has 15 heavy (non-hydrogen) atoms. The highest BCUT2D eigenvalue weighted by atomic mass is 32.2. The zero-order valence-electron chi connectivity index (χ0n) is 8.98. The Labute approximate surface area is 92.5 Å². The van der Waals surface area contributed by atoms with Crippen LogP contribution in [0.2, 0.25) is 0 Å². The third kappa shape index (κ3) is 2.89. The van der Waals surface area contributed by atoms with Gasteiger partial charge in [0.05, 0.1) is 0 Å². The summed E-state index contributed by atoms with van der Waals surface area (Å²) in [6.45, 7) is 4.86. The van der Waals surface area contributed by atoms with E-state index >= 15 is 0 Å². The highest BCUT2D eigenvalue weighted by Gasteiger charge is 2.19. The molecular formula is C10H17N3OS. The molecule has 2 heterocycles. The lowest BCUT2D eigenvalue weighted by Crippen LogP contribution is -2.45. The van der Waals surface area contributed by atoms with Crippen LogP contribution in [0.15, 0.2) is 12.4 Å². The molecule has 5 heteroatoms. The van der Waals surface area contributed by atoms with Crippen LogP contribution in [0.1, 0.15) is 5.82 Å². The van der Waals surface area contributed by atoms with E-state index in [1.54, 1.807) is 6.20 Å². The lowest BCUT2D eigenvalue weighted by atomic mass is 10.1. The van der Waals surface area contributed by atoms with E-state index in [0.717, 1.165) is 37.0 Å². The minimum atomic E-state index is -0.680. The Bertz CT molecular complexity index is 346. The van der Waals surface area contributed by atoms with Gasteiger partial charge in [-0.25, -0.2) is 4.98 Å². The van der Waals surface area contributed by atoms with Gasteiger partial charge in [-0.2, -0.15) is 0 Å². The molecule has 0 amide bonds. The number of rotatable bonds is 5. The van der Waals surface area contributed by atoms with Crippen LogP contribution < -0.4 is 5.32 Å². The minimum absolute atomic E-state index is 0.634. The van der Waals surface area contributed by atoms with E-state index in [1.165, 1.54) is 0 Å². The number of nitrogens with zero attached hydrogens (tertiary/aromatic N) is 2. The molecule has 1 aromatic heterocycles. The number of aryl methyl sites for hydroxylation is 2. The molecule has 0 aliphatic carbocycles. The molecule has 0 radical (unpaired) electrons. The van der Waals surface area contributed by atoms with Crippen molar-refractivity contribution in [3.8, 4) is 0 Å². The summed E-state index contributed by atoms with van der Waals surface area (Å²) in [5.74, 6) is 3.22. The molecule has 1 aromatic rings. The lowest BCUT2D eigenvalue weighted by Gasteiger charge is -2.26. The highest BCUT2D eigenvalue weighted by Crippen LogP contribution is 2.05. The van der Waals surface area contributed by atoms with Crippen molar-refractivity contribution in [2.24, 2.45) is 5.92 Å². The van der Waals surface area contributed by atoms with Crippen LogP contribution in [0.3, 0.4) is 0 Å². The maximum absolute atomic E-state index is 11.7. The van der Waals surface area contributed by atoms with Crippen molar-refractivity contribution in [2.75, 3.05) is 24.6 Å². The highest BCUT2D eigenvalue weighted by molar-refractivity contribution is 7.84. The minimum Gasteiger partial charge on any atom is -0.334 e. The zero-order valence-corrected chi connectivity index (χ0v) is 9.80. The molecule has 1 atom stereocenters. The van der Waals surface area contributed by atoms with E-state index < -0.39 is 10.8 Å². The molecule has 1 saturated heterocycles. The summed E-state index contributed by atoms with van der Waals surface area (Å²) in [4.78, 5) is 4.14. The van der Waals surface area contributed by atoms with Crippen molar-refractivity contribution in [1.82, 2.24) is 14.9 Å². The van der Waals surface area contributed by atoms with Gasteiger partial charge in [0.25, 0.3) is 0 Å². The molecule has 1 N–H and O–H groups in total. The first-order valence-corrected chi connectivity index (χ1v) is 6.78. The van der Waals surface area contributed by atoms with Crippen molar-refractivity contribution >= 4 is 10.8 Å². The van der Waals surface area contributed by atoms with Gasteiger partial charge < -0.3 is 9.88 Å². The van der Waals surface area contributed by atoms with E-state index in [9.17, 15) is 4.21 Å². The number of hydrogen-bond acceptors (Lipinski definition) is 3. The van der Waals surface area contributed by atoms with Crippen LogP contribution >= 0.6 is 0 Å². The summed E-state index contributed by atoms with van der Waals surface area (Å²) in [6, 6.07) is 0. The number of hydrogen-bond donors (Lipinski definition) is 1. The van der Waals surface area contributed by atoms with Crippen LogP contribution in [-0.2, 0) is 17.3 Å². The van der Waals surface area contributed by atoms with Gasteiger partial charge in [0.2, 0.25) is 0 Å². The molecule has 84 valence electrons. The third-order valence-electron chi connectivity index (χ3n) is 2.77. The number of imidazole rings is 1. The van der Waals surface area contributed by atoms with Crippen molar-refractivity contribution < 1.29 is 4.21 Å². The van der Waals surface area contributed by atoms with Crippen LogP contribution in [-0.4, -0.2) is 38.4 Å². The Balaban J connectivity index is 1.73. The molecule has 0 spiro atoms. The average molecular weight is 227 g/mol. The fraction of sp³-hybridized carbons (Fsp3) is 0.700. The summed E-state index contributed by atoms with van der Waals surface area (Å²) in [5, 5.41) is 3.20. The second-order valence-corrected chi connectivity index (χ2v) is 5.62. The van der Waals surface area contributed by atoms with E-state index in [0.29, 0.717) is 5.92 Å². The van der Waals surface area contributed by atoms with E-state index in [2.05, 4.69) is 14.9 Å². The van der Waals surface area contributed by atoms with Crippen molar-refractivity contribution in [3.63, 3.8) is 0 Å². The maximum atomic E-state index is 11.7. The first-order chi connectivity index (χ1) is 7.25. The number of nitrogens with one attached hydrogen (secondary N) is 1. The second kappa shape index (κ2) is 4.90. The Hall–Kier alpha value is -0.680. The summed E-state index contributed by atoms with van der Waals surface area (Å²) >= 11 is 0. The summed E-state index contributed by atoms with van der Waals surface area (Å²) < 4.78 is 13.8. The zero-order chi connectivity index (χ0) is 10.7. The van der Waals surface area contributed by atoms with E-state index in [1.807, 2.05) is 13.1 Å². The summed E-state index contributed by atoms with van der Waals surface area (Å²) in [7, 11) is -0.680. The molecule has 1 aliphatic rings. The largest absolute Gasteiger partial charge is 0.334 e. The quantitative estimate of drug-likeness (QED) is 0.779. The molecule has 0 bridgehead atoms. The monoisotopic (exact) mass is 227 g/mol. The fourth-order valence-corrected chi connectivity index (χ4v) is 2.98. The fourth-order valence-electron chi connectivity index (χ4n) is 1.65. The lowest BCUT2D eigenvalue weighted by molar-refractivity contribution is 0.382. The smallest absolute Gasteiger partial charge is 0.105 e. The Kier molecular flexibility index (Phi) is 3.53. The normalized spacial score (nSPS) is 18.7. The van der Waals surface area contributed by atoms with Gasteiger partial charge in [-0.3, -0.25) is 4.21 Å². The van der Waals surface area contributed by atoms with Gasteiger partial charge in [-0.1, -0.05) is 0 Å². The van der Waals surface area contributed by atoms with Gasteiger partial charge in [0.15, 0.2) is 0 Å². The Morgan fingerprint density at radius 1 is 1.67 bits per heavy atom. The second-order valence-electron chi connectivity index (χ2n) is 4.00. The maximum Gasteiger partial charge on any atom is 0.105 e. The van der Waals surface area contributed by atoms with Gasteiger partial charge in [-0.15, -0.1) is 0 Å². The van der Waals surface area contributed by atoms with Crippen LogP contribution in [0.25, 0.3) is 0 Å².